The van der Waals surface area contributed by atoms with E-state index in [-0.39, 0.29) is 30.7 Å². The molecule has 1 aliphatic rings. The number of hydrogen-bond acceptors (Lipinski definition) is 6. The lowest BCUT2D eigenvalue weighted by Gasteiger charge is -2.34. The number of halogens is 3. The van der Waals surface area contributed by atoms with Gasteiger partial charge in [-0.1, -0.05) is 17.3 Å². The second-order valence-electron chi connectivity index (χ2n) is 7.73. The molecule has 1 aliphatic heterocycles. The molecule has 0 bridgehead atoms. The molecule has 3 rings (SSSR count). The summed E-state index contributed by atoms with van der Waals surface area (Å²) in [6, 6.07) is 4.19. The number of carbonyl (C=O) groups excluding carboxylic acids is 1. The van der Waals surface area contributed by atoms with Crippen molar-refractivity contribution in [2.75, 3.05) is 32.7 Å². The van der Waals surface area contributed by atoms with E-state index in [9.17, 15) is 26.4 Å². The van der Waals surface area contributed by atoms with Gasteiger partial charge >= 0.3 is 6.18 Å². The lowest BCUT2D eigenvalue weighted by atomic mass is 10.2. The van der Waals surface area contributed by atoms with Gasteiger partial charge in [-0.2, -0.15) is 17.5 Å². The molecule has 0 spiro atoms. The van der Waals surface area contributed by atoms with Crippen LogP contribution in [0.3, 0.4) is 0 Å². The Morgan fingerprint density at radius 3 is 2.41 bits per heavy atom. The zero-order chi connectivity index (χ0) is 23.5. The summed E-state index contributed by atoms with van der Waals surface area (Å²) < 4.78 is 68.0. The Morgan fingerprint density at radius 1 is 1.12 bits per heavy atom. The maximum atomic E-state index is 13.3. The summed E-state index contributed by atoms with van der Waals surface area (Å²) in [5.74, 6) is -0.316. The van der Waals surface area contributed by atoms with Gasteiger partial charge in [0.1, 0.15) is 0 Å². The number of amides is 1. The van der Waals surface area contributed by atoms with Gasteiger partial charge in [0.15, 0.2) is 5.69 Å². The van der Waals surface area contributed by atoms with E-state index in [0.29, 0.717) is 26.2 Å². The SMILES string of the molecule is CC(C)NC(=O)c1cn(CCN2CCN(S(=O)(=O)c3ccccc3C(F)(F)F)CC2)nn1. The fourth-order valence-electron chi connectivity index (χ4n) is 3.35. The number of nitrogens with one attached hydrogen (secondary N) is 1. The van der Waals surface area contributed by atoms with Crippen molar-refractivity contribution in [1.29, 1.82) is 0 Å². The Labute approximate surface area is 184 Å². The van der Waals surface area contributed by atoms with Gasteiger partial charge in [-0.3, -0.25) is 14.4 Å². The minimum absolute atomic E-state index is 0.0247. The number of benzene rings is 1. The number of carbonyl (C=O) groups is 1. The van der Waals surface area contributed by atoms with Gasteiger partial charge < -0.3 is 5.32 Å². The summed E-state index contributed by atoms with van der Waals surface area (Å²) in [6.07, 6.45) is -3.22. The van der Waals surface area contributed by atoms with Crippen molar-refractivity contribution >= 4 is 15.9 Å². The highest BCUT2D eigenvalue weighted by atomic mass is 32.2. The first-order chi connectivity index (χ1) is 15.0. The number of piperazine rings is 1. The van der Waals surface area contributed by atoms with Gasteiger partial charge in [-0.15, -0.1) is 5.10 Å². The fraction of sp³-hybridized carbons (Fsp3) is 0.526. The molecule has 32 heavy (non-hydrogen) atoms. The van der Waals surface area contributed by atoms with E-state index >= 15 is 0 Å². The Morgan fingerprint density at radius 2 is 1.78 bits per heavy atom. The van der Waals surface area contributed by atoms with Crippen molar-refractivity contribution in [3.8, 4) is 0 Å². The maximum Gasteiger partial charge on any atom is 0.417 e. The van der Waals surface area contributed by atoms with Gasteiger partial charge in [0.25, 0.3) is 5.91 Å². The van der Waals surface area contributed by atoms with E-state index in [2.05, 4.69) is 15.6 Å². The van der Waals surface area contributed by atoms with Gasteiger partial charge in [0.05, 0.1) is 23.2 Å². The van der Waals surface area contributed by atoms with Crippen molar-refractivity contribution in [2.24, 2.45) is 0 Å². The Bertz CT molecular complexity index is 1050. The summed E-state index contributed by atoms with van der Waals surface area (Å²) >= 11 is 0. The van der Waals surface area contributed by atoms with Crippen LogP contribution in [0.25, 0.3) is 0 Å². The highest BCUT2D eigenvalue weighted by molar-refractivity contribution is 7.89. The van der Waals surface area contributed by atoms with E-state index in [1.807, 2.05) is 18.7 Å². The summed E-state index contributed by atoms with van der Waals surface area (Å²) in [6.45, 7) is 5.52. The molecule has 13 heteroatoms. The topological polar surface area (TPSA) is 100 Å². The number of nitrogens with zero attached hydrogens (tertiary/aromatic N) is 5. The number of rotatable bonds is 7. The van der Waals surface area contributed by atoms with Gasteiger partial charge in [-0.25, -0.2) is 8.42 Å². The van der Waals surface area contributed by atoms with Crippen LogP contribution in [0.15, 0.2) is 35.4 Å². The van der Waals surface area contributed by atoms with E-state index in [0.717, 1.165) is 16.4 Å². The van der Waals surface area contributed by atoms with Gasteiger partial charge in [-0.05, 0) is 26.0 Å². The molecule has 0 atom stereocenters. The monoisotopic (exact) mass is 474 g/mol. The highest BCUT2D eigenvalue weighted by Gasteiger charge is 2.39. The van der Waals surface area contributed by atoms with Gasteiger partial charge in [0.2, 0.25) is 10.0 Å². The first kappa shape index (κ1) is 24.1. The van der Waals surface area contributed by atoms with E-state index in [4.69, 9.17) is 0 Å². The average Bonchev–Trinajstić information content (AvgIpc) is 3.21. The quantitative estimate of drug-likeness (QED) is 0.652. The standard InChI is InChI=1S/C19H25F3N6O3S/c1-14(2)23-18(29)16-13-27(25-24-16)10-7-26-8-11-28(12-9-26)32(30,31)17-6-4-3-5-15(17)19(20,21)22/h3-6,13-14H,7-12H2,1-2H3,(H,23,29). The maximum absolute atomic E-state index is 13.3. The second-order valence-corrected chi connectivity index (χ2v) is 9.64. The van der Waals surface area contributed by atoms with E-state index in [1.54, 1.807) is 0 Å². The van der Waals surface area contributed by atoms with Crippen LogP contribution in [0.2, 0.25) is 0 Å². The Kier molecular flexibility index (Phi) is 7.20. The lowest BCUT2D eigenvalue weighted by Crippen LogP contribution is -2.49. The summed E-state index contributed by atoms with van der Waals surface area (Å²) in [7, 11) is -4.27. The average molecular weight is 475 g/mol. The summed E-state index contributed by atoms with van der Waals surface area (Å²) in [5.41, 5.74) is -0.955. The first-order valence-corrected chi connectivity index (χ1v) is 11.5. The molecule has 2 aromatic rings. The van der Waals surface area contributed by atoms with Crippen LogP contribution in [-0.4, -0.2) is 77.3 Å². The fourth-order valence-corrected chi connectivity index (χ4v) is 4.98. The minimum atomic E-state index is -4.76. The Balaban J connectivity index is 1.57. The molecule has 2 heterocycles. The molecule has 1 fully saturated rings. The van der Waals surface area contributed by atoms with Crippen LogP contribution in [0.5, 0.6) is 0 Å². The van der Waals surface area contributed by atoms with Crippen LogP contribution in [0.4, 0.5) is 13.2 Å². The zero-order valence-electron chi connectivity index (χ0n) is 17.7. The highest BCUT2D eigenvalue weighted by Crippen LogP contribution is 2.35. The normalized spacial score (nSPS) is 16.4. The molecule has 0 aliphatic carbocycles. The molecule has 0 radical (unpaired) electrons. The first-order valence-electron chi connectivity index (χ1n) is 10.1. The van der Waals surface area contributed by atoms with Crippen molar-refractivity contribution in [2.45, 2.75) is 37.5 Å². The predicted molar refractivity (Wildman–Crippen MR) is 109 cm³/mol. The minimum Gasteiger partial charge on any atom is -0.348 e. The van der Waals surface area contributed by atoms with E-state index < -0.39 is 26.7 Å². The van der Waals surface area contributed by atoms with Crippen LogP contribution < -0.4 is 5.32 Å². The largest absolute Gasteiger partial charge is 0.417 e. The van der Waals surface area contributed by atoms with Crippen molar-refractivity contribution in [3.05, 3.63) is 41.7 Å². The van der Waals surface area contributed by atoms with E-state index in [1.165, 1.54) is 23.0 Å². The van der Waals surface area contributed by atoms with Gasteiger partial charge in [0, 0.05) is 38.8 Å². The zero-order valence-corrected chi connectivity index (χ0v) is 18.5. The lowest BCUT2D eigenvalue weighted by molar-refractivity contribution is -0.139. The molecule has 1 N–H and O–H groups in total. The molecular formula is C19H25F3N6O3S. The third-order valence-corrected chi connectivity index (χ3v) is 6.93. The van der Waals surface area contributed by atoms with Crippen LogP contribution >= 0.6 is 0 Å². The molecular weight excluding hydrogens is 449 g/mol. The molecule has 0 saturated carbocycles. The third kappa shape index (κ3) is 5.64. The Hall–Kier alpha value is -2.51. The molecule has 9 nitrogen and oxygen atoms in total. The van der Waals surface area contributed by atoms with Crippen molar-refractivity contribution in [1.82, 2.24) is 29.5 Å². The third-order valence-electron chi connectivity index (χ3n) is 4.98. The summed E-state index contributed by atoms with van der Waals surface area (Å²) in [5, 5.41) is 10.5. The molecule has 0 unspecified atom stereocenters. The molecule has 1 amide bonds. The summed E-state index contributed by atoms with van der Waals surface area (Å²) in [4.78, 5) is 13.2. The number of hydrogen-bond donors (Lipinski definition) is 1. The number of aromatic nitrogens is 3. The molecule has 176 valence electrons. The van der Waals surface area contributed by atoms with Crippen molar-refractivity contribution < 1.29 is 26.4 Å². The molecule has 1 aromatic carbocycles. The second kappa shape index (κ2) is 9.55. The smallest absolute Gasteiger partial charge is 0.348 e. The van der Waals surface area contributed by atoms with Crippen LogP contribution in [0, 0.1) is 0 Å². The van der Waals surface area contributed by atoms with Crippen LogP contribution in [-0.2, 0) is 22.7 Å². The van der Waals surface area contributed by atoms with Crippen LogP contribution in [0.1, 0.15) is 29.9 Å². The molecule has 1 aromatic heterocycles. The molecule has 1 saturated heterocycles. The number of sulfonamides is 1. The van der Waals surface area contributed by atoms with Crippen molar-refractivity contribution in [3.63, 3.8) is 0 Å². The number of alkyl halides is 3. The predicted octanol–water partition coefficient (Wildman–Crippen LogP) is 1.44.